The van der Waals surface area contributed by atoms with E-state index in [0.29, 0.717) is 12.2 Å². The van der Waals surface area contributed by atoms with Crippen molar-refractivity contribution in [3.05, 3.63) is 46.5 Å². The Morgan fingerprint density at radius 2 is 2.10 bits per heavy atom. The lowest BCUT2D eigenvalue weighted by Gasteiger charge is -2.29. The Morgan fingerprint density at radius 1 is 1.30 bits per heavy atom. The molecule has 2 aromatic rings. The molecule has 1 fully saturated rings. The second-order valence-electron chi connectivity index (χ2n) is 5.26. The van der Waals surface area contributed by atoms with E-state index in [0.717, 1.165) is 37.9 Å². The van der Waals surface area contributed by atoms with Crippen LogP contribution >= 0.6 is 0 Å². The minimum atomic E-state index is -0.0478. The van der Waals surface area contributed by atoms with Gasteiger partial charge < -0.3 is 4.79 Å². The first kappa shape index (κ1) is 13.0. The van der Waals surface area contributed by atoms with Crippen molar-refractivity contribution in [1.29, 1.82) is 0 Å². The van der Waals surface area contributed by atoms with Crippen molar-refractivity contribution < 1.29 is 4.79 Å². The molecule has 5 nitrogen and oxygen atoms in total. The van der Waals surface area contributed by atoms with Gasteiger partial charge in [-0.1, -0.05) is 6.07 Å². The van der Waals surface area contributed by atoms with Gasteiger partial charge in [0.1, 0.15) is 11.9 Å². The van der Waals surface area contributed by atoms with Gasteiger partial charge in [-0.05, 0) is 38.1 Å². The maximum absolute atomic E-state index is 12.0. The third-order valence-electron chi connectivity index (χ3n) is 3.83. The van der Waals surface area contributed by atoms with Crippen LogP contribution in [0.2, 0.25) is 0 Å². The molecule has 20 heavy (non-hydrogen) atoms. The lowest BCUT2D eigenvalue weighted by Crippen LogP contribution is -2.34. The van der Waals surface area contributed by atoms with Gasteiger partial charge in [-0.25, -0.2) is 4.98 Å². The highest BCUT2D eigenvalue weighted by atomic mass is 16.1. The fourth-order valence-corrected chi connectivity index (χ4v) is 2.66. The van der Waals surface area contributed by atoms with Gasteiger partial charge in [0.2, 0.25) is 0 Å². The Kier molecular flexibility index (Phi) is 3.60. The Labute approximate surface area is 116 Å². The third-order valence-corrected chi connectivity index (χ3v) is 3.83. The quantitative estimate of drug-likeness (QED) is 0.785. The second-order valence-corrected chi connectivity index (χ2v) is 5.26. The summed E-state index contributed by atoms with van der Waals surface area (Å²) in [5, 5.41) is 0. The average Bonchev–Trinajstić information content (AvgIpc) is 2.48. The molecule has 104 valence electrons. The molecule has 0 unspecified atom stereocenters. The smallest absolute Gasteiger partial charge is 0.258 e. The predicted octanol–water partition coefficient (Wildman–Crippen LogP) is 1.11. The molecule has 1 saturated heterocycles. The predicted molar refractivity (Wildman–Crippen MR) is 75.5 cm³/mol. The zero-order chi connectivity index (χ0) is 13.9. The first-order valence-corrected chi connectivity index (χ1v) is 6.91. The van der Waals surface area contributed by atoms with Crippen LogP contribution in [0.4, 0.5) is 0 Å². The van der Waals surface area contributed by atoms with Crippen LogP contribution in [-0.4, -0.2) is 33.7 Å². The zero-order valence-electron chi connectivity index (χ0n) is 11.2. The number of hydrogen-bond acceptors (Lipinski definition) is 4. The number of likely N-dealkylation sites (tertiary alicyclic amines) is 1. The summed E-state index contributed by atoms with van der Waals surface area (Å²) >= 11 is 0. The fraction of sp³-hybridized carbons (Fsp3) is 0.400. The normalized spacial score (nSPS) is 17.4. The summed E-state index contributed by atoms with van der Waals surface area (Å²) in [5.74, 6) is 0.196. The first-order valence-electron chi connectivity index (χ1n) is 6.91. The molecule has 5 heteroatoms. The summed E-state index contributed by atoms with van der Waals surface area (Å²) in [6.45, 7) is 2.45. The number of fused-ring (bicyclic) bond motifs is 1. The van der Waals surface area contributed by atoms with E-state index in [2.05, 4.69) is 9.88 Å². The fourth-order valence-electron chi connectivity index (χ4n) is 2.66. The molecule has 0 N–H and O–H groups in total. The Balaban J connectivity index is 1.78. The van der Waals surface area contributed by atoms with Crippen LogP contribution in [0.15, 0.2) is 35.3 Å². The van der Waals surface area contributed by atoms with Gasteiger partial charge in [0, 0.05) is 24.7 Å². The first-order chi connectivity index (χ1) is 9.76. The van der Waals surface area contributed by atoms with Crippen molar-refractivity contribution in [2.45, 2.75) is 19.4 Å². The highest BCUT2D eigenvalue weighted by molar-refractivity contribution is 5.53. The summed E-state index contributed by atoms with van der Waals surface area (Å²) in [5.41, 5.74) is 1.43. The van der Waals surface area contributed by atoms with Gasteiger partial charge >= 0.3 is 0 Å². The Bertz CT molecular complexity index is 672. The number of carbonyl (C=O) groups is 1. The highest BCUT2D eigenvalue weighted by Gasteiger charge is 2.19. The van der Waals surface area contributed by atoms with Gasteiger partial charge in [0.15, 0.2) is 0 Å². The van der Waals surface area contributed by atoms with Crippen LogP contribution in [0.3, 0.4) is 0 Å². The van der Waals surface area contributed by atoms with Crippen LogP contribution in [0.5, 0.6) is 0 Å². The largest absolute Gasteiger partial charge is 0.303 e. The van der Waals surface area contributed by atoms with E-state index in [1.165, 1.54) is 0 Å². The van der Waals surface area contributed by atoms with Crippen molar-refractivity contribution in [2.24, 2.45) is 5.92 Å². The van der Waals surface area contributed by atoms with E-state index >= 15 is 0 Å². The molecule has 0 saturated carbocycles. The maximum Gasteiger partial charge on any atom is 0.258 e. The van der Waals surface area contributed by atoms with Crippen molar-refractivity contribution in [2.75, 3.05) is 13.1 Å². The third kappa shape index (κ3) is 2.63. The summed E-state index contributed by atoms with van der Waals surface area (Å²) in [4.78, 5) is 29.5. The number of hydrogen-bond donors (Lipinski definition) is 0. The molecule has 0 bridgehead atoms. The van der Waals surface area contributed by atoms with Crippen molar-refractivity contribution in [3.63, 3.8) is 0 Å². The lowest BCUT2D eigenvalue weighted by molar-refractivity contribution is -0.112. The van der Waals surface area contributed by atoms with Crippen LogP contribution in [-0.2, 0) is 11.3 Å². The minimum Gasteiger partial charge on any atom is -0.303 e. The molecule has 0 radical (unpaired) electrons. The second kappa shape index (κ2) is 5.54. The summed E-state index contributed by atoms with van der Waals surface area (Å²) in [6.07, 6.45) is 4.58. The van der Waals surface area contributed by atoms with Crippen molar-refractivity contribution in [3.8, 4) is 0 Å². The van der Waals surface area contributed by atoms with Gasteiger partial charge in [0.05, 0.1) is 5.69 Å². The number of rotatable bonds is 3. The summed E-state index contributed by atoms with van der Waals surface area (Å²) < 4.78 is 1.54. The van der Waals surface area contributed by atoms with Gasteiger partial charge in [-0.15, -0.1) is 0 Å². The number of piperidine rings is 1. The Hall–Kier alpha value is -2.01. The molecule has 3 heterocycles. The number of pyridine rings is 1. The molecular weight excluding hydrogens is 254 g/mol. The number of aromatic nitrogens is 2. The van der Waals surface area contributed by atoms with E-state index in [-0.39, 0.29) is 11.5 Å². The van der Waals surface area contributed by atoms with Gasteiger partial charge in [-0.3, -0.25) is 14.1 Å². The van der Waals surface area contributed by atoms with E-state index in [1.807, 2.05) is 18.2 Å². The minimum absolute atomic E-state index is 0.0478. The van der Waals surface area contributed by atoms with Crippen LogP contribution in [0.25, 0.3) is 5.65 Å². The molecule has 1 aliphatic rings. The molecule has 2 aromatic heterocycles. The summed E-state index contributed by atoms with van der Waals surface area (Å²) in [6, 6.07) is 7.13. The summed E-state index contributed by atoms with van der Waals surface area (Å²) in [7, 11) is 0. The van der Waals surface area contributed by atoms with E-state index < -0.39 is 0 Å². The van der Waals surface area contributed by atoms with E-state index in [9.17, 15) is 9.59 Å². The standard InChI is InChI=1S/C15H17N3O2/c19-11-12-4-7-17(8-5-12)10-13-9-15(20)18-6-2-1-3-14(18)16-13/h1-3,6,9,11-12H,4-5,7-8,10H2. The number of aldehydes is 1. The van der Waals surface area contributed by atoms with Crippen LogP contribution < -0.4 is 5.56 Å². The van der Waals surface area contributed by atoms with Gasteiger partial charge in [0.25, 0.3) is 5.56 Å². The highest BCUT2D eigenvalue weighted by Crippen LogP contribution is 2.16. The molecule has 0 aromatic carbocycles. The molecule has 1 aliphatic heterocycles. The molecule has 0 amide bonds. The molecule has 3 rings (SSSR count). The molecule has 0 aliphatic carbocycles. The van der Waals surface area contributed by atoms with E-state index in [4.69, 9.17) is 0 Å². The van der Waals surface area contributed by atoms with Crippen LogP contribution in [0.1, 0.15) is 18.5 Å². The zero-order valence-corrected chi connectivity index (χ0v) is 11.2. The van der Waals surface area contributed by atoms with Crippen molar-refractivity contribution in [1.82, 2.24) is 14.3 Å². The lowest BCUT2D eigenvalue weighted by atomic mass is 9.98. The van der Waals surface area contributed by atoms with Crippen molar-refractivity contribution >= 4 is 11.9 Å². The van der Waals surface area contributed by atoms with E-state index in [1.54, 1.807) is 16.7 Å². The maximum atomic E-state index is 12.0. The molecular formula is C15H17N3O2. The average molecular weight is 271 g/mol. The Morgan fingerprint density at radius 3 is 2.85 bits per heavy atom. The molecule has 0 spiro atoms. The number of carbonyl (C=O) groups excluding carboxylic acids is 1. The van der Waals surface area contributed by atoms with Gasteiger partial charge in [-0.2, -0.15) is 0 Å². The van der Waals surface area contributed by atoms with Crippen LogP contribution in [0, 0.1) is 5.92 Å². The molecule has 0 atom stereocenters. The topological polar surface area (TPSA) is 54.7 Å². The monoisotopic (exact) mass is 271 g/mol. The number of nitrogens with zero attached hydrogens (tertiary/aromatic N) is 3. The SMILES string of the molecule is O=CC1CCN(Cc2cc(=O)n3ccccc3n2)CC1.